The average molecular weight is 424 g/mol. The molecule has 0 radical (unpaired) electrons. The molecule has 0 saturated heterocycles. The molecule has 0 spiro atoms. The highest BCUT2D eigenvalue weighted by atomic mass is 32.2. The molecule has 1 aliphatic rings. The predicted molar refractivity (Wildman–Crippen MR) is 114 cm³/mol. The molecule has 0 atom stereocenters. The van der Waals surface area contributed by atoms with Crippen LogP contribution in [0.2, 0.25) is 0 Å². The summed E-state index contributed by atoms with van der Waals surface area (Å²) in [6.45, 7) is 5.28. The van der Waals surface area contributed by atoms with E-state index >= 15 is 0 Å². The third-order valence-electron chi connectivity index (χ3n) is 4.88. The number of allylic oxidation sites excluding steroid dienone is 1. The minimum atomic E-state index is -3.48. The van der Waals surface area contributed by atoms with Crippen LogP contribution in [-0.4, -0.2) is 39.2 Å². The first-order valence-electron chi connectivity index (χ1n) is 9.28. The van der Waals surface area contributed by atoms with Gasteiger partial charge in [0.25, 0.3) is 15.9 Å². The zero-order chi connectivity index (χ0) is 21.5. The number of nitrogens with one attached hydrogen (secondary N) is 2. The van der Waals surface area contributed by atoms with Gasteiger partial charge < -0.3 is 10.6 Å². The molecule has 9 nitrogen and oxygen atoms in total. The number of hydrogen-bond acceptors (Lipinski definition) is 7. The van der Waals surface area contributed by atoms with E-state index in [1.165, 1.54) is 12.4 Å². The topological polar surface area (TPSA) is 119 Å². The number of aryl methyl sites for hydroxylation is 1. The lowest BCUT2D eigenvalue weighted by Gasteiger charge is -2.09. The quantitative estimate of drug-likeness (QED) is 0.604. The van der Waals surface area contributed by atoms with E-state index in [-0.39, 0.29) is 11.7 Å². The SMILES string of the molecule is CCS(=O)(=O)n1cc(N/C(C)=C2\C(=O)Nc3cnc(-c4cnccc4C)cc32)cn1. The van der Waals surface area contributed by atoms with Gasteiger partial charge in [0.1, 0.15) is 0 Å². The van der Waals surface area contributed by atoms with Gasteiger partial charge in [0.05, 0.1) is 47.0 Å². The zero-order valence-corrected chi connectivity index (χ0v) is 17.5. The highest BCUT2D eigenvalue weighted by Gasteiger charge is 2.28. The van der Waals surface area contributed by atoms with Gasteiger partial charge in [0, 0.05) is 29.2 Å². The largest absolute Gasteiger partial charge is 0.356 e. The second kappa shape index (κ2) is 7.38. The van der Waals surface area contributed by atoms with Crippen LogP contribution in [0, 0.1) is 6.92 Å². The van der Waals surface area contributed by atoms with Gasteiger partial charge >= 0.3 is 0 Å². The lowest BCUT2D eigenvalue weighted by Crippen LogP contribution is -2.15. The van der Waals surface area contributed by atoms with E-state index in [0.717, 1.165) is 15.2 Å². The highest BCUT2D eigenvalue weighted by Crippen LogP contribution is 2.36. The second-order valence-electron chi connectivity index (χ2n) is 6.89. The summed E-state index contributed by atoms with van der Waals surface area (Å²) in [6, 6.07) is 3.75. The van der Waals surface area contributed by atoms with E-state index in [0.29, 0.717) is 33.9 Å². The Morgan fingerprint density at radius 2 is 2.03 bits per heavy atom. The first-order valence-corrected chi connectivity index (χ1v) is 10.9. The van der Waals surface area contributed by atoms with E-state index in [9.17, 15) is 13.2 Å². The van der Waals surface area contributed by atoms with Crippen LogP contribution in [-0.2, 0) is 14.8 Å². The maximum Gasteiger partial charge on any atom is 0.258 e. The number of fused-ring (bicyclic) bond motifs is 1. The summed E-state index contributed by atoms with van der Waals surface area (Å²) in [4.78, 5) is 21.2. The van der Waals surface area contributed by atoms with Crippen molar-refractivity contribution in [3.63, 3.8) is 0 Å². The van der Waals surface area contributed by atoms with Crippen LogP contribution in [0.25, 0.3) is 16.8 Å². The Labute approximate surface area is 173 Å². The molecule has 4 heterocycles. The van der Waals surface area contributed by atoms with Crippen molar-refractivity contribution >= 4 is 32.9 Å². The Morgan fingerprint density at radius 1 is 1.23 bits per heavy atom. The predicted octanol–water partition coefficient (Wildman–Crippen LogP) is 2.64. The van der Waals surface area contributed by atoms with E-state index in [1.54, 1.807) is 32.4 Å². The Morgan fingerprint density at radius 3 is 2.77 bits per heavy atom. The van der Waals surface area contributed by atoms with E-state index in [4.69, 9.17) is 0 Å². The number of aromatic nitrogens is 4. The van der Waals surface area contributed by atoms with Gasteiger partial charge in [-0.3, -0.25) is 14.8 Å². The molecule has 1 amide bonds. The maximum absolute atomic E-state index is 12.6. The molecule has 1 aliphatic heterocycles. The molecule has 0 bridgehead atoms. The van der Waals surface area contributed by atoms with Gasteiger partial charge in [-0.2, -0.15) is 9.19 Å². The maximum atomic E-state index is 12.6. The van der Waals surface area contributed by atoms with Crippen molar-refractivity contribution in [3.8, 4) is 11.3 Å². The Balaban J connectivity index is 1.72. The van der Waals surface area contributed by atoms with Crippen LogP contribution in [0.5, 0.6) is 0 Å². The molecule has 0 aromatic carbocycles. The number of amides is 1. The number of hydrogen-bond donors (Lipinski definition) is 2. The monoisotopic (exact) mass is 424 g/mol. The number of carbonyl (C=O) groups excluding carboxylic acids is 1. The molecular weight excluding hydrogens is 404 g/mol. The van der Waals surface area contributed by atoms with E-state index in [2.05, 4.69) is 25.7 Å². The normalized spacial score (nSPS) is 15.0. The number of carbonyl (C=O) groups is 1. The minimum Gasteiger partial charge on any atom is -0.356 e. The van der Waals surface area contributed by atoms with Crippen molar-refractivity contribution in [2.75, 3.05) is 16.4 Å². The number of pyridine rings is 2. The van der Waals surface area contributed by atoms with Crippen molar-refractivity contribution in [2.45, 2.75) is 20.8 Å². The molecule has 3 aromatic rings. The lowest BCUT2D eigenvalue weighted by molar-refractivity contribution is -0.110. The van der Waals surface area contributed by atoms with Crippen LogP contribution in [0.3, 0.4) is 0 Å². The Hall–Kier alpha value is -3.53. The molecule has 0 saturated carbocycles. The van der Waals surface area contributed by atoms with Gasteiger partial charge in [-0.15, -0.1) is 0 Å². The highest BCUT2D eigenvalue weighted by molar-refractivity contribution is 7.89. The Kier molecular flexibility index (Phi) is 4.86. The molecule has 3 aromatic heterocycles. The molecule has 10 heteroatoms. The minimum absolute atomic E-state index is 0.0620. The average Bonchev–Trinajstić information content (AvgIpc) is 3.31. The third kappa shape index (κ3) is 3.45. The number of anilines is 2. The van der Waals surface area contributed by atoms with E-state index < -0.39 is 10.0 Å². The molecule has 30 heavy (non-hydrogen) atoms. The summed E-state index contributed by atoms with van der Waals surface area (Å²) >= 11 is 0. The van der Waals surface area contributed by atoms with Crippen LogP contribution >= 0.6 is 0 Å². The van der Waals surface area contributed by atoms with Crippen LogP contribution in [0.1, 0.15) is 25.0 Å². The third-order valence-corrected chi connectivity index (χ3v) is 6.38. The number of nitrogens with zero attached hydrogens (tertiary/aromatic N) is 4. The zero-order valence-electron chi connectivity index (χ0n) is 16.7. The summed E-state index contributed by atoms with van der Waals surface area (Å²) < 4.78 is 24.8. The van der Waals surface area contributed by atoms with Crippen molar-refractivity contribution < 1.29 is 13.2 Å². The van der Waals surface area contributed by atoms with Crippen molar-refractivity contribution in [1.29, 1.82) is 0 Å². The summed E-state index contributed by atoms with van der Waals surface area (Å²) in [7, 11) is -3.48. The van der Waals surface area contributed by atoms with E-state index in [1.807, 2.05) is 19.1 Å². The van der Waals surface area contributed by atoms with Gasteiger partial charge in [0.2, 0.25) is 0 Å². The second-order valence-corrected chi connectivity index (χ2v) is 9.00. The fraction of sp³-hybridized carbons (Fsp3) is 0.200. The first-order chi connectivity index (χ1) is 14.3. The lowest BCUT2D eigenvalue weighted by atomic mass is 10.0. The van der Waals surface area contributed by atoms with Gasteiger partial charge in [-0.25, -0.2) is 8.42 Å². The summed E-state index contributed by atoms with van der Waals surface area (Å²) in [5.74, 6) is -0.321. The van der Waals surface area contributed by atoms with Crippen LogP contribution in [0.4, 0.5) is 11.4 Å². The van der Waals surface area contributed by atoms with Crippen molar-refractivity contribution in [1.82, 2.24) is 19.2 Å². The van der Waals surface area contributed by atoms with Gasteiger partial charge in [-0.1, -0.05) is 0 Å². The van der Waals surface area contributed by atoms with Crippen LogP contribution in [0.15, 0.2) is 48.8 Å². The Bertz CT molecular complexity index is 1290. The van der Waals surface area contributed by atoms with Gasteiger partial charge in [-0.05, 0) is 38.5 Å². The molecule has 0 fully saturated rings. The van der Waals surface area contributed by atoms with Gasteiger partial charge in [0.15, 0.2) is 0 Å². The van der Waals surface area contributed by atoms with Crippen LogP contribution < -0.4 is 10.6 Å². The molecule has 0 aliphatic carbocycles. The first kappa shape index (κ1) is 19.8. The molecule has 0 unspecified atom stereocenters. The number of rotatable bonds is 5. The molecule has 154 valence electrons. The van der Waals surface area contributed by atoms with Crippen molar-refractivity contribution in [3.05, 3.63) is 59.9 Å². The summed E-state index contributed by atoms with van der Waals surface area (Å²) in [6.07, 6.45) is 7.87. The molecule has 2 N–H and O–H groups in total. The standard InChI is InChI=1S/C20H20N6O3S/c1-4-30(28,29)26-11-14(8-23-26)24-13(3)19-15-7-17(16-9-21-6-5-12(16)2)22-10-18(15)25-20(19)27/h5-11,24H,4H2,1-3H3,(H,25,27)/b19-13-. The smallest absolute Gasteiger partial charge is 0.258 e. The fourth-order valence-corrected chi connectivity index (χ4v) is 3.98. The molecule has 4 rings (SSSR count). The summed E-state index contributed by atoms with van der Waals surface area (Å²) in [5.41, 5.74) is 5.45. The summed E-state index contributed by atoms with van der Waals surface area (Å²) in [5, 5.41) is 9.79. The van der Waals surface area contributed by atoms with Crippen molar-refractivity contribution in [2.24, 2.45) is 0 Å². The fourth-order valence-electron chi connectivity index (χ4n) is 3.25. The molecular formula is C20H20N6O3S.